The van der Waals surface area contributed by atoms with E-state index in [0.717, 1.165) is 0 Å². The molecule has 0 aliphatic carbocycles. The lowest BCUT2D eigenvalue weighted by atomic mass is 10.4. The maximum absolute atomic E-state index is 11.3. The molecule has 0 fully saturated rings. The lowest BCUT2D eigenvalue weighted by molar-refractivity contribution is -0.129. The van der Waals surface area contributed by atoms with Gasteiger partial charge in [-0.15, -0.1) is 13.2 Å². The van der Waals surface area contributed by atoms with E-state index in [1.54, 1.807) is 24.1 Å². The van der Waals surface area contributed by atoms with Gasteiger partial charge in [-0.05, 0) is 7.05 Å². The Bertz CT molecular complexity index is 156. The number of hydrogen-bond donors (Lipinski definition) is 1. The summed E-state index contributed by atoms with van der Waals surface area (Å²) in [6.45, 7) is 8.67. The van der Waals surface area contributed by atoms with E-state index < -0.39 is 0 Å². The molecule has 0 rings (SSSR count). The Morgan fingerprint density at radius 1 is 1.42 bits per heavy atom. The predicted octanol–water partition coefficient (Wildman–Crippen LogP) is 0.406. The van der Waals surface area contributed by atoms with Gasteiger partial charge in [-0.1, -0.05) is 12.2 Å². The number of rotatable bonds is 6. The minimum atomic E-state index is 0.0669. The Labute approximate surface area is 73.8 Å². The van der Waals surface area contributed by atoms with Crippen LogP contribution in [0.4, 0.5) is 0 Å². The topological polar surface area (TPSA) is 32.3 Å². The molecule has 12 heavy (non-hydrogen) atoms. The first-order valence-electron chi connectivity index (χ1n) is 3.90. The smallest absolute Gasteiger partial charge is 0.237 e. The number of nitrogens with zero attached hydrogens (tertiary/aromatic N) is 1. The van der Waals surface area contributed by atoms with E-state index in [9.17, 15) is 4.79 Å². The molecule has 1 amide bonds. The van der Waals surface area contributed by atoms with E-state index in [1.165, 1.54) is 0 Å². The monoisotopic (exact) mass is 168 g/mol. The van der Waals surface area contributed by atoms with Crippen LogP contribution in [0.3, 0.4) is 0 Å². The van der Waals surface area contributed by atoms with Crippen molar-refractivity contribution in [2.75, 3.05) is 26.7 Å². The summed E-state index contributed by atoms with van der Waals surface area (Å²) in [5.74, 6) is 0.0669. The van der Waals surface area contributed by atoms with Gasteiger partial charge in [-0.2, -0.15) is 0 Å². The summed E-state index contributed by atoms with van der Waals surface area (Å²) in [5.41, 5.74) is 0. The van der Waals surface area contributed by atoms with Gasteiger partial charge in [0.2, 0.25) is 5.91 Å². The number of likely N-dealkylation sites (N-methyl/N-ethyl adjacent to an activating group) is 1. The van der Waals surface area contributed by atoms with Crippen molar-refractivity contribution in [3.8, 4) is 0 Å². The molecule has 1 N–H and O–H groups in total. The molecule has 0 aromatic carbocycles. The quantitative estimate of drug-likeness (QED) is 0.582. The molecule has 0 atom stereocenters. The fourth-order valence-electron chi connectivity index (χ4n) is 0.853. The van der Waals surface area contributed by atoms with E-state index in [2.05, 4.69) is 18.5 Å². The minimum absolute atomic E-state index is 0.0669. The van der Waals surface area contributed by atoms with Gasteiger partial charge >= 0.3 is 0 Å². The molecule has 0 aromatic rings. The Kier molecular flexibility index (Phi) is 6.01. The van der Waals surface area contributed by atoms with Crippen LogP contribution < -0.4 is 5.32 Å². The van der Waals surface area contributed by atoms with Crippen LogP contribution in [-0.2, 0) is 4.79 Å². The number of carbonyl (C=O) groups excluding carboxylic acids is 1. The second-order valence-corrected chi connectivity index (χ2v) is 2.41. The van der Waals surface area contributed by atoms with Crippen LogP contribution >= 0.6 is 0 Å². The molecule has 0 saturated heterocycles. The first kappa shape index (κ1) is 10.9. The van der Waals surface area contributed by atoms with Crippen LogP contribution in [-0.4, -0.2) is 37.5 Å². The largest absolute Gasteiger partial charge is 0.334 e. The lowest BCUT2D eigenvalue weighted by Gasteiger charge is -2.18. The maximum atomic E-state index is 11.3. The standard InChI is InChI=1S/C9H16N2O/c1-4-6-11(7-5-2)9(12)8-10-3/h4-5,10H,1-2,6-8H2,3H3. The average Bonchev–Trinajstić information content (AvgIpc) is 2.04. The predicted molar refractivity (Wildman–Crippen MR) is 50.9 cm³/mol. The van der Waals surface area contributed by atoms with E-state index >= 15 is 0 Å². The van der Waals surface area contributed by atoms with Crippen molar-refractivity contribution in [2.24, 2.45) is 0 Å². The molecule has 0 bridgehead atoms. The van der Waals surface area contributed by atoms with Crippen LogP contribution in [0.15, 0.2) is 25.3 Å². The summed E-state index contributed by atoms with van der Waals surface area (Å²) in [4.78, 5) is 13.0. The zero-order valence-corrected chi connectivity index (χ0v) is 7.55. The number of carbonyl (C=O) groups is 1. The number of hydrogen-bond acceptors (Lipinski definition) is 2. The van der Waals surface area contributed by atoms with E-state index in [0.29, 0.717) is 19.6 Å². The van der Waals surface area contributed by atoms with E-state index in [1.807, 2.05) is 0 Å². The summed E-state index contributed by atoms with van der Waals surface area (Å²) >= 11 is 0. The van der Waals surface area contributed by atoms with E-state index in [-0.39, 0.29) is 5.91 Å². The average molecular weight is 168 g/mol. The fourth-order valence-corrected chi connectivity index (χ4v) is 0.853. The first-order chi connectivity index (χ1) is 5.76. The van der Waals surface area contributed by atoms with Gasteiger partial charge in [0, 0.05) is 13.1 Å². The van der Waals surface area contributed by atoms with Crippen LogP contribution in [0, 0.1) is 0 Å². The first-order valence-corrected chi connectivity index (χ1v) is 3.90. The van der Waals surface area contributed by atoms with Crippen molar-refractivity contribution < 1.29 is 4.79 Å². The summed E-state index contributed by atoms with van der Waals surface area (Å²) in [6, 6.07) is 0. The molecule has 0 spiro atoms. The molecule has 0 aliphatic rings. The van der Waals surface area contributed by atoms with Gasteiger partial charge in [0.1, 0.15) is 0 Å². The summed E-state index contributed by atoms with van der Waals surface area (Å²) < 4.78 is 0. The Balaban J connectivity index is 3.97. The molecule has 0 aromatic heterocycles. The molecule has 3 heteroatoms. The zero-order valence-electron chi connectivity index (χ0n) is 7.55. The highest BCUT2D eigenvalue weighted by molar-refractivity contribution is 5.78. The highest BCUT2D eigenvalue weighted by Crippen LogP contribution is 1.89. The fraction of sp³-hybridized carbons (Fsp3) is 0.444. The third-order valence-corrected chi connectivity index (χ3v) is 1.38. The molecular formula is C9H16N2O. The third-order valence-electron chi connectivity index (χ3n) is 1.38. The van der Waals surface area contributed by atoms with Crippen molar-refractivity contribution in [1.82, 2.24) is 10.2 Å². The lowest BCUT2D eigenvalue weighted by Crippen LogP contribution is -2.37. The van der Waals surface area contributed by atoms with Crippen molar-refractivity contribution in [3.63, 3.8) is 0 Å². The van der Waals surface area contributed by atoms with Crippen LogP contribution in [0.5, 0.6) is 0 Å². The highest BCUT2D eigenvalue weighted by atomic mass is 16.2. The van der Waals surface area contributed by atoms with Crippen molar-refractivity contribution in [2.45, 2.75) is 0 Å². The Hall–Kier alpha value is -1.09. The van der Waals surface area contributed by atoms with Gasteiger partial charge < -0.3 is 10.2 Å². The normalized spacial score (nSPS) is 9.08. The molecule has 0 heterocycles. The SMILES string of the molecule is C=CCN(CC=C)C(=O)CNC. The second-order valence-electron chi connectivity index (χ2n) is 2.41. The maximum Gasteiger partial charge on any atom is 0.237 e. The molecule has 68 valence electrons. The number of nitrogens with one attached hydrogen (secondary N) is 1. The molecule has 0 radical (unpaired) electrons. The number of amides is 1. The molecule has 0 unspecified atom stereocenters. The van der Waals surface area contributed by atoms with Gasteiger partial charge in [-0.25, -0.2) is 0 Å². The van der Waals surface area contributed by atoms with Crippen molar-refractivity contribution in [1.29, 1.82) is 0 Å². The summed E-state index contributed by atoms with van der Waals surface area (Å²) in [5, 5.41) is 2.80. The highest BCUT2D eigenvalue weighted by Gasteiger charge is 2.07. The molecule has 0 aliphatic heterocycles. The molecular weight excluding hydrogens is 152 g/mol. The van der Waals surface area contributed by atoms with Crippen LogP contribution in [0.2, 0.25) is 0 Å². The second kappa shape index (κ2) is 6.61. The van der Waals surface area contributed by atoms with E-state index in [4.69, 9.17) is 0 Å². The Morgan fingerprint density at radius 2 is 1.92 bits per heavy atom. The van der Waals surface area contributed by atoms with Crippen LogP contribution in [0.25, 0.3) is 0 Å². The van der Waals surface area contributed by atoms with Crippen LogP contribution in [0.1, 0.15) is 0 Å². The zero-order chi connectivity index (χ0) is 9.40. The van der Waals surface area contributed by atoms with Crippen molar-refractivity contribution in [3.05, 3.63) is 25.3 Å². The van der Waals surface area contributed by atoms with Gasteiger partial charge in [0.25, 0.3) is 0 Å². The third kappa shape index (κ3) is 3.93. The van der Waals surface area contributed by atoms with Gasteiger partial charge in [0.15, 0.2) is 0 Å². The van der Waals surface area contributed by atoms with Crippen molar-refractivity contribution >= 4 is 5.91 Å². The summed E-state index contributed by atoms with van der Waals surface area (Å²) in [6.07, 6.45) is 3.41. The van der Waals surface area contributed by atoms with Gasteiger partial charge in [0.05, 0.1) is 6.54 Å². The Morgan fingerprint density at radius 3 is 2.25 bits per heavy atom. The molecule has 3 nitrogen and oxygen atoms in total. The molecule has 0 saturated carbocycles. The summed E-state index contributed by atoms with van der Waals surface area (Å²) in [7, 11) is 1.75. The van der Waals surface area contributed by atoms with Gasteiger partial charge in [-0.3, -0.25) is 4.79 Å². The minimum Gasteiger partial charge on any atom is -0.334 e.